The number of halogens is 2. The zero-order chi connectivity index (χ0) is 21.1. The number of amides is 1. The van der Waals surface area contributed by atoms with Gasteiger partial charge in [-0.3, -0.25) is 9.69 Å². The third-order valence-electron chi connectivity index (χ3n) is 5.31. The molecule has 1 unspecified atom stereocenters. The molecular formula is C22H22BrClN4O2. The van der Waals surface area contributed by atoms with Crippen molar-refractivity contribution in [3.8, 4) is 11.4 Å². The number of nitrogens with zero attached hydrogens (tertiary/aromatic N) is 3. The molecule has 1 amide bonds. The molecule has 0 saturated carbocycles. The first-order chi connectivity index (χ1) is 14.5. The molecule has 1 fully saturated rings. The van der Waals surface area contributed by atoms with Crippen LogP contribution in [0.5, 0.6) is 0 Å². The van der Waals surface area contributed by atoms with Crippen molar-refractivity contribution in [1.82, 2.24) is 15.0 Å². The van der Waals surface area contributed by atoms with Crippen LogP contribution in [0.4, 0.5) is 5.69 Å². The van der Waals surface area contributed by atoms with Gasteiger partial charge in [-0.25, -0.2) is 0 Å². The highest BCUT2D eigenvalue weighted by molar-refractivity contribution is 9.10. The standard InChI is InChI=1S/C22H22BrClN4O2/c1-14-18(24)8-3-9-19(14)25-22(29)16-6-4-10-28(12-16)13-20-26-21(27-30-20)15-5-2-7-17(23)11-15/h2-3,5,7-9,11,16H,4,6,10,12-13H2,1H3,(H,25,29). The number of carbonyl (C=O) groups is 1. The van der Waals surface area contributed by atoms with Crippen molar-refractivity contribution in [3.63, 3.8) is 0 Å². The number of benzene rings is 2. The van der Waals surface area contributed by atoms with Gasteiger partial charge in [-0.1, -0.05) is 50.9 Å². The second-order valence-corrected chi connectivity index (χ2v) is 8.82. The van der Waals surface area contributed by atoms with Crippen molar-refractivity contribution >= 4 is 39.1 Å². The minimum atomic E-state index is -0.0930. The number of carbonyl (C=O) groups excluding carboxylic acids is 1. The van der Waals surface area contributed by atoms with Crippen LogP contribution in [0, 0.1) is 12.8 Å². The maximum atomic E-state index is 12.8. The average molecular weight is 490 g/mol. The monoisotopic (exact) mass is 488 g/mol. The third-order valence-corrected chi connectivity index (χ3v) is 6.21. The molecule has 3 aromatic rings. The van der Waals surface area contributed by atoms with Crippen molar-refractivity contribution in [3.05, 3.63) is 63.4 Å². The second-order valence-electron chi connectivity index (χ2n) is 7.50. The topological polar surface area (TPSA) is 71.3 Å². The molecule has 0 radical (unpaired) electrons. The van der Waals surface area contributed by atoms with Crippen LogP contribution in [0.1, 0.15) is 24.3 Å². The fourth-order valence-electron chi connectivity index (χ4n) is 3.65. The Balaban J connectivity index is 1.38. The van der Waals surface area contributed by atoms with Gasteiger partial charge in [-0.15, -0.1) is 0 Å². The van der Waals surface area contributed by atoms with Gasteiger partial charge in [-0.05, 0) is 56.1 Å². The van der Waals surface area contributed by atoms with Gasteiger partial charge in [0, 0.05) is 27.3 Å². The molecule has 6 nitrogen and oxygen atoms in total. The molecule has 156 valence electrons. The molecule has 1 N–H and O–H groups in total. The van der Waals surface area contributed by atoms with E-state index in [9.17, 15) is 4.79 Å². The van der Waals surface area contributed by atoms with Gasteiger partial charge < -0.3 is 9.84 Å². The van der Waals surface area contributed by atoms with E-state index in [0.29, 0.717) is 29.8 Å². The van der Waals surface area contributed by atoms with Crippen molar-refractivity contribution in [2.75, 3.05) is 18.4 Å². The van der Waals surface area contributed by atoms with Crippen LogP contribution in [0.15, 0.2) is 51.5 Å². The Morgan fingerprint density at radius 2 is 2.17 bits per heavy atom. The predicted molar refractivity (Wildman–Crippen MR) is 120 cm³/mol. The van der Waals surface area contributed by atoms with E-state index in [1.807, 2.05) is 49.4 Å². The molecule has 1 aliphatic heterocycles. The highest BCUT2D eigenvalue weighted by Gasteiger charge is 2.27. The van der Waals surface area contributed by atoms with E-state index >= 15 is 0 Å². The summed E-state index contributed by atoms with van der Waals surface area (Å²) in [6.45, 7) is 3.99. The van der Waals surface area contributed by atoms with Crippen LogP contribution in [0.2, 0.25) is 5.02 Å². The number of likely N-dealkylation sites (tertiary alicyclic amines) is 1. The minimum Gasteiger partial charge on any atom is -0.338 e. The summed E-state index contributed by atoms with van der Waals surface area (Å²) in [4.78, 5) is 19.5. The van der Waals surface area contributed by atoms with Gasteiger partial charge in [0.05, 0.1) is 12.5 Å². The maximum Gasteiger partial charge on any atom is 0.241 e. The summed E-state index contributed by atoms with van der Waals surface area (Å²) in [5.41, 5.74) is 2.54. The molecule has 1 aromatic heterocycles. The fraction of sp³-hybridized carbons (Fsp3) is 0.318. The first-order valence-electron chi connectivity index (χ1n) is 9.86. The van der Waals surface area contributed by atoms with Gasteiger partial charge in [0.15, 0.2) is 0 Å². The number of aromatic nitrogens is 2. The molecule has 1 aliphatic rings. The van der Waals surface area contributed by atoms with E-state index in [-0.39, 0.29) is 11.8 Å². The van der Waals surface area contributed by atoms with E-state index < -0.39 is 0 Å². The minimum absolute atomic E-state index is 0.0189. The van der Waals surface area contributed by atoms with Gasteiger partial charge in [0.25, 0.3) is 0 Å². The van der Waals surface area contributed by atoms with Gasteiger partial charge >= 0.3 is 0 Å². The Morgan fingerprint density at radius 1 is 1.33 bits per heavy atom. The first-order valence-corrected chi connectivity index (χ1v) is 11.0. The van der Waals surface area contributed by atoms with E-state index in [1.165, 1.54) is 0 Å². The van der Waals surface area contributed by atoms with Crippen molar-refractivity contribution in [2.24, 2.45) is 5.92 Å². The van der Waals surface area contributed by atoms with Crippen LogP contribution in [-0.2, 0) is 11.3 Å². The average Bonchev–Trinajstić information content (AvgIpc) is 3.20. The SMILES string of the molecule is Cc1c(Cl)cccc1NC(=O)C1CCCN(Cc2nc(-c3cccc(Br)c3)no2)C1. The molecule has 1 saturated heterocycles. The molecule has 0 spiro atoms. The highest BCUT2D eigenvalue weighted by atomic mass is 79.9. The molecule has 2 heterocycles. The second kappa shape index (κ2) is 9.29. The number of anilines is 1. The van der Waals surface area contributed by atoms with Crippen LogP contribution < -0.4 is 5.32 Å². The van der Waals surface area contributed by atoms with E-state index in [1.54, 1.807) is 0 Å². The fourth-order valence-corrected chi connectivity index (χ4v) is 4.22. The summed E-state index contributed by atoms with van der Waals surface area (Å²) < 4.78 is 6.41. The molecule has 8 heteroatoms. The van der Waals surface area contributed by atoms with Gasteiger partial charge in [0.1, 0.15) is 0 Å². The lowest BCUT2D eigenvalue weighted by Crippen LogP contribution is -2.40. The quantitative estimate of drug-likeness (QED) is 0.526. The van der Waals surface area contributed by atoms with Gasteiger partial charge in [0.2, 0.25) is 17.6 Å². The summed E-state index contributed by atoms with van der Waals surface area (Å²) in [6.07, 6.45) is 1.80. The van der Waals surface area contributed by atoms with E-state index in [2.05, 4.69) is 36.3 Å². The zero-order valence-electron chi connectivity index (χ0n) is 16.6. The highest BCUT2D eigenvalue weighted by Crippen LogP contribution is 2.26. The summed E-state index contributed by atoms with van der Waals surface area (Å²) in [5, 5.41) is 7.77. The number of hydrogen-bond acceptors (Lipinski definition) is 5. The first kappa shape index (κ1) is 21.0. The lowest BCUT2D eigenvalue weighted by Gasteiger charge is -2.31. The molecule has 0 aliphatic carbocycles. The van der Waals surface area contributed by atoms with Crippen LogP contribution in [0.25, 0.3) is 11.4 Å². The third kappa shape index (κ3) is 4.91. The van der Waals surface area contributed by atoms with E-state index in [4.69, 9.17) is 16.1 Å². The summed E-state index contributed by atoms with van der Waals surface area (Å²) in [6, 6.07) is 13.3. The lowest BCUT2D eigenvalue weighted by molar-refractivity contribution is -0.121. The van der Waals surface area contributed by atoms with Crippen molar-refractivity contribution in [1.29, 1.82) is 0 Å². The van der Waals surface area contributed by atoms with Crippen LogP contribution >= 0.6 is 27.5 Å². The maximum absolute atomic E-state index is 12.8. The molecule has 4 rings (SSSR count). The van der Waals surface area contributed by atoms with Crippen LogP contribution in [-0.4, -0.2) is 34.0 Å². The number of rotatable bonds is 5. The largest absolute Gasteiger partial charge is 0.338 e. The molecular weight excluding hydrogens is 468 g/mol. The molecule has 2 aromatic carbocycles. The summed E-state index contributed by atoms with van der Waals surface area (Å²) in [7, 11) is 0. The van der Waals surface area contributed by atoms with Gasteiger partial charge in [-0.2, -0.15) is 4.98 Å². The Kier molecular flexibility index (Phi) is 6.51. The zero-order valence-corrected chi connectivity index (χ0v) is 18.9. The molecule has 0 bridgehead atoms. The number of piperidine rings is 1. The van der Waals surface area contributed by atoms with Crippen molar-refractivity contribution < 1.29 is 9.32 Å². The number of nitrogens with one attached hydrogen (secondary N) is 1. The summed E-state index contributed by atoms with van der Waals surface area (Å²) in [5.74, 6) is 1.04. The molecule has 1 atom stereocenters. The Bertz CT molecular complexity index is 1060. The normalized spacial score (nSPS) is 17.1. The lowest BCUT2D eigenvalue weighted by atomic mass is 9.97. The predicted octanol–water partition coefficient (Wildman–Crippen LogP) is 5.31. The Morgan fingerprint density at radius 3 is 3.00 bits per heavy atom. The van der Waals surface area contributed by atoms with E-state index in [0.717, 1.165) is 40.7 Å². The van der Waals surface area contributed by atoms with Crippen LogP contribution in [0.3, 0.4) is 0 Å². The smallest absolute Gasteiger partial charge is 0.241 e. The molecule has 30 heavy (non-hydrogen) atoms. The number of hydrogen-bond donors (Lipinski definition) is 1. The Labute approximate surface area is 188 Å². The Hall–Kier alpha value is -2.22. The van der Waals surface area contributed by atoms with Crippen molar-refractivity contribution in [2.45, 2.75) is 26.3 Å². The summed E-state index contributed by atoms with van der Waals surface area (Å²) >= 11 is 9.62.